The smallest absolute Gasteiger partial charge is 0.416 e. The molecule has 234 valence electrons. The van der Waals surface area contributed by atoms with Gasteiger partial charge in [0.15, 0.2) is 5.65 Å². The number of alkyl halides is 4. The number of hydrogen-bond acceptors (Lipinski definition) is 8. The van der Waals surface area contributed by atoms with Crippen LogP contribution in [0.25, 0.3) is 22.3 Å². The van der Waals surface area contributed by atoms with Crippen molar-refractivity contribution in [2.45, 2.75) is 55.5 Å². The predicted octanol–water partition coefficient (Wildman–Crippen LogP) is 4.02. The number of ether oxygens (including phenoxy) is 2. The molecule has 0 radical (unpaired) electrons. The monoisotopic (exact) mass is 615 g/mol. The molecule has 2 atom stereocenters. The first-order valence-corrected chi connectivity index (χ1v) is 14.5. The first kappa shape index (κ1) is 30.0. The van der Waals surface area contributed by atoms with Crippen molar-refractivity contribution < 1.29 is 31.8 Å². The van der Waals surface area contributed by atoms with Crippen LogP contribution in [-0.4, -0.2) is 82.4 Å². The molecule has 3 heterocycles. The number of primary amides is 1. The zero-order valence-corrected chi connectivity index (χ0v) is 24.1. The van der Waals surface area contributed by atoms with Crippen LogP contribution < -0.4 is 16.2 Å². The molecule has 14 heteroatoms. The summed E-state index contributed by atoms with van der Waals surface area (Å²) in [5.41, 5.74) is 10.1. The summed E-state index contributed by atoms with van der Waals surface area (Å²) >= 11 is 0. The Hall–Kier alpha value is -4.04. The molecule has 2 aliphatic carbocycles. The average Bonchev–Trinajstić information content (AvgIpc) is 3.42. The summed E-state index contributed by atoms with van der Waals surface area (Å²) in [6.07, 6.45) is -0.131. The van der Waals surface area contributed by atoms with E-state index in [1.165, 1.54) is 25.6 Å². The van der Waals surface area contributed by atoms with Crippen molar-refractivity contribution in [1.82, 2.24) is 24.6 Å². The quantitative estimate of drug-likeness (QED) is 0.398. The number of carbonyl (C=O) groups excluding carboxylic acids is 1. The molecule has 6 rings (SSSR count). The van der Waals surface area contributed by atoms with E-state index >= 15 is 4.39 Å². The first-order valence-electron chi connectivity index (χ1n) is 14.5. The van der Waals surface area contributed by atoms with Gasteiger partial charge in [-0.1, -0.05) is 24.3 Å². The number of aromatic nitrogens is 4. The number of anilines is 1. The maximum atomic E-state index is 15.5. The minimum Gasteiger partial charge on any atom is -0.496 e. The molecule has 1 amide bonds. The number of nitrogens with two attached hydrogens (primary N) is 2. The predicted molar refractivity (Wildman–Crippen MR) is 154 cm³/mol. The van der Waals surface area contributed by atoms with Crippen LogP contribution in [0.1, 0.15) is 37.3 Å². The minimum atomic E-state index is -4.79. The molecular weight excluding hydrogens is 582 g/mol. The molecule has 1 saturated carbocycles. The standard InChI is InChI=1S/C30H33F4N7O3/c1-43-22-14-17(2-7-21(22)29(28(36)42)9-8-18(15-23(29)31)30(32,33)34)25-24-26(35)37-16-38-27(24)41(39-25)20-5-3-19(4-6-20)40-10-12-44-13-11-40/h2,7-9,14-16,19-20,23H,3-6,10-13H2,1H3,(H2,36,42)(H2,35,37,38). The van der Waals surface area contributed by atoms with Gasteiger partial charge in [-0.2, -0.15) is 18.3 Å². The summed E-state index contributed by atoms with van der Waals surface area (Å²) in [6.45, 7) is 3.36. The average molecular weight is 616 g/mol. The van der Waals surface area contributed by atoms with Gasteiger partial charge in [0.2, 0.25) is 5.91 Å². The van der Waals surface area contributed by atoms with Gasteiger partial charge in [0.25, 0.3) is 0 Å². The maximum absolute atomic E-state index is 15.5. The van der Waals surface area contributed by atoms with E-state index in [0.29, 0.717) is 40.5 Å². The van der Waals surface area contributed by atoms with Gasteiger partial charge in [-0.05, 0) is 37.8 Å². The second-order valence-corrected chi connectivity index (χ2v) is 11.4. The van der Waals surface area contributed by atoms with Gasteiger partial charge in [-0.15, -0.1) is 0 Å². The minimum absolute atomic E-state index is 0.0214. The fourth-order valence-corrected chi connectivity index (χ4v) is 6.68. The van der Waals surface area contributed by atoms with Crippen LogP contribution in [-0.2, 0) is 14.9 Å². The number of hydrogen-bond donors (Lipinski definition) is 2. The second-order valence-electron chi connectivity index (χ2n) is 11.4. The van der Waals surface area contributed by atoms with Crippen LogP contribution in [0.15, 0.2) is 48.3 Å². The molecule has 44 heavy (non-hydrogen) atoms. The Bertz CT molecular complexity index is 1620. The molecule has 1 saturated heterocycles. The normalized spacial score (nSPS) is 26.5. The fourth-order valence-electron chi connectivity index (χ4n) is 6.68. The van der Waals surface area contributed by atoms with E-state index in [4.69, 9.17) is 26.0 Å². The van der Waals surface area contributed by atoms with Crippen LogP contribution in [0.5, 0.6) is 5.75 Å². The summed E-state index contributed by atoms with van der Waals surface area (Å²) in [5.74, 6) is -0.898. The lowest BCUT2D eigenvalue weighted by Gasteiger charge is -2.38. The Balaban J connectivity index is 1.36. The third-order valence-corrected chi connectivity index (χ3v) is 9.03. The fraction of sp³-hybridized carbons (Fsp3) is 0.467. The van der Waals surface area contributed by atoms with Crippen LogP contribution in [0.4, 0.5) is 23.4 Å². The highest BCUT2D eigenvalue weighted by molar-refractivity contribution is 5.99. The van der Waals surface area contributed by atoms with E-state index in [0.717, 1.165) is 58.1 Å². The van der Waals surface area contributed by atoms with Crippen LogP contribution in [0, 0.1) is 0 Å². The zero-order chi connectivity index (χ0) is 31.2. The van der Waals surface area contributed by atoms with E-state index in [1.54, 1.807) is 6.07 Å². The number of morpholine rings is 1. The summed E-state index contributed by atoms with van der Waals surface area (Å²) in [7, 11) is 1.31. The van der Waals surface area contributed by atoms with Crippen molar-refractivity contribution >= 4 is 22.8 Å². The van der Waals surface area contributed by atoms with E-state index in [1.807, 2.05) is 4.68 Å². The van der Waals surface area contributed by atoms with Gasteiger partial charge < -0.3 is 20.9 Å². The molecule has 4 N–H and O–H groups in total. The molecule has 3 aromatic rings. The maximum Gasteiger partial charge on any atom is 0.416 e. The number of methoxy groups -OCH3 is 1. The highest BCUT2D eigenvalue weighted by atomic mass is 19.4. The molecule has 2 fully saturated rings. The molecule has 0 spiro atoms. The van der Waals surface area contributed by atoms with Crippen molar-refractivity contribution in [3.05, 3.63) is 53.9 Å². The van der Waals surface area contributed by atoms with Gasteiger partial charge in [0.1, 0.15) is 35.2 Å². The number of halogens is 4. The highest BCUT2D eigenvalue weighted by Crippen LogP contribution is 2.45. The number of carbonyl (C=O) groups is 1. The van der Waals surface area contributed by atoms with Crippen LogP contribution >= 0.6 is 0 Å². The van der Waals surface area contributed by atoms with Gasteiger partial charge in [-0.3, -0.25) is 9.69 Å². The van der Waals surface area contributed by atoms with Crippen molar-refractivity contribution in [2.75, 3.05) is 39.1 Å². The highest BCUT2D eigenvalue weighted by Gasteiger charge is 2.49. The van der Waals surface area contributed by atoms with E-state index in [9.17, 15) is 18.0 Å². The van der Waals surface area contributed by atoms with Crippen LogP contribution in [0.3, 0.4) is 0 Å². The molecule has 1 aromatic carbocycles. The Morgan fingerprint density at radius 2 is 1.82 bits per heavy atom. The summed E-state index contributed by atoms with van der Waals surface area (Å²) in [6, 6.07) is 5.10. The van der Waals surface area contributed by atoms with Gasteiger partial charge >= 0.3 is 6.18 Å². The SMILES string of the molecule is COc1cc(-c2nn(C3CCC(N4CCOCC4)CC3)c3ncnc(N)c23)ccc1C1(C(N)=O)C=CC(C(F)(F)F)=CC1F. The van der Waals surface area contributed by atoms with E-state index in [2.05, 4.69) is 14.9 Å². The van der Waals surface area contributed by atoms with Crippen molar-refractivity contribution in [2.24, 2.45) is 5.73 Å². The number of fused-ring (bicyclic) bond motifs is 1. The molecule has 2 aromatic heterocycles. The largest absolute Gasteiger partial charge is 0.496 e. The number of rotatable bonds is 6. The Kier molecular flexibility index (Phi) is 7.82. The summed E-state index contributed by atoms with van der Waals surface area (Å²) < 4.78 is 68.4. The van der Waals surface area contributed by atoms with Gasteiger partial charge in [0, 0.05) is 30.3 Å². The van der Waals surface area contributed by atoms with Gasteiger partial charge in [-0.25, -0.2) is 19.0 Å². The number of allylic oxidation sites excluding steroid dienone is 3. The van der Waals surface area contributed by atoms with Crippen LogP contribution in [0.2, 0.25) is 0 Å². The number of amides is 1. The third-order valence-electron chi connectivity index (χ3n) is 9.03. The van der Waals surface area contributed by atoms with Crippen molar-refractivity contribution in [3.63, 3.8) is 0 Å². The second kappa shape index (κ2) is 11.5. The number of nitrogen functional groups attached to an aromatic ring is 1. The molecule has 3 aliphatic rings. The molecule has 10 nitrogen and oxygen atoms in total. The van der Waals surface area contributed by atoms with Crippen molar-refractivity contribution in [1.29, 1.82) is 0 Å². The summed E-state index contributed by atoms with van der Waals surface area (Å²) in [5, 5.41) is 5.46. The lowest BCUT2D eigenvalue weighted by Crippen LogP contribution is -2.48. The van der Waals surface area contributed by atoms with E-state index in [-0.39, 0.29) is 23.2 Å². The topological polar surface area (TPSA) is 134 Å². The van der Waals surface area contributed by atoms with Crippen molar-refractivity contribution in [3.8, 4) is 17.0 Å². The lowest BCUT2D eigenvalue weighted by atomic mass is 9.71. The molecular formula is C30H33F4N7O3. The molecule has 1 aliphatic heterocycles. The Morgan fingerprint density at radius 3 is 2.45 bits per heavy atom. The molecule has 2 unspecified atom stereocenters. The Labute approximate surface area is 250 Å². The van der Waals surface area contributed by atoms with Gasteiger partial charge in [0.05, 0.1) is 37.3 Å². The number of benzene rings is 1. The first-order chi connectivity index (χ1) is 21.0. The Morgan fingerprint density at radius 1 is 1.11 bits per heavy atom. The zero-order valence-electron chi connectivity index (χ0n) is 24.1. The van der Waals surface area contributed by atoms with E-state index < -0.39 is 29.2 Å². The lowest BCUT2D eigenvalue weighted by molar-refractivity contribution is -0.123. The summed E-state index contributed by atoms with van der Waals surface area (Å²) in [4.78, 5) is 23.9. The molecule has 0 bridgehead atoms. The number of nitrogens with zero attached hydrogens (tertiary/aromatic N) is 5. The third kappa shape index (κ3) is 5.09.